The van der Waals surface area contributed by atoms with Gasteiger partial charge in [0, 0.05) is 18.7 Å². The lowest BCUT2D eigenvalue weighted by Crippen LogP contribution is -2.31. The van der Waals surface area contributed by atoms with Crippen LogP contribution in [0.2, 0.25) is 0 Å². The van der Waals surface area contributed by atoms with E-state index < -0.39 is 24.0 Å². The van der Waals surface area contributed by atoms with Crippen molar-refractivity contribution in [2.24, 2.45) is 10.9 Å². The lowest BCUT2D eigenvalue weighted by molar-refractivity contribution is -0.144. The quantitative estimate of drug-likeness (QED) is 0.247. The Morgan fingerprint density at radius 3 is 2.86 bits per heavy atom. The van der Waals surface area contributed by atoms with E-state index in [0.29, 0.717) is 38.2 Å². The van der Waals surface area contributed by atoms with E-state index in [2.05, 4.69) is 38.7 Å². The number of epoxide rings is 1. The first-order valence-corrected chi connectivity index (χ1v) is 13.8. The van der Waals surface area contributed by atoms with E-state index in [1.54, 1.807) is 6.21 Å². The standard InChI is InChI=1S/C30H43NO6/c1-5-23-18-30(31-19-26-15-20(2)12-13-34-26)29(37-30)27(32)17-22(4)14-21(3)16-25-10-6-8-24(35-25)9-7-11-28(33)36-23/h6-8,11-12,19,21,23-27,29,32H,4-5,9-10,13-18H2,1-3H3/b11-7-,31-19-/t21-,23+,24-,25-,26-,27-,29-,30-/m0/s1. The van der Waals surface area contributed by atoms with Gasteiger partial charge in [0.25, 0.3) is 0 Å². The van der Waals surface area contributed by atoms with E-state index in [0.717, 1.165) is 31.3 Å². The molecule has 0 radical (unpaired) electrons. The van der Waals surface area contributed by atoms with Gasteiger partial charge >= 0.3 is 5.97 Å². The fourth-order valence-electron chi connectivity index (χ4n) is 5.59. The molecule has 204 valence electrons. The van der Waals surface area contributed by atoms with E-state index >= 15 is 0 Å². The van der Waals surface area contributed by atoms with Crippen LogP contribution in [0, 0.1) is 5.92 Å². The van der Waals surface area contributed by atoms with Crippen LogP contribution in [-0.2, 0) is 23.7 Å². The molecule has 0 amide bonds. The van der Waals surface area contributed by atoms with Gasteiger partial charge in [-0.1, -0.05) is 55.9 Å². The van der Waals surface area contributed by atoms with Crippen LogP contribution < -0.4 is 0 Å². The van der Waals surface area contributed by atoms with Crippen molar-refractivity contribution in [1.82, 2.24) is 0 Å². The second-order valence-corrected chi connectivity index (χ2v) is 11.1. The largest absolute Gasteiger partial charge is 0.459 e. The van der Waals surface area contributed by atoms with Gasteiger partial charge in [-0.2, -0.15) is 0 Å². The van der Waals surface area contributed by atoms with Crippen LogP contribution in [0.5, 0.6) is 0 Å². The van der Waals surface area contributed by atoms with E-state index in [4.69, 9.17) is 23.9 Å². The summed E-state index contributed by atoms with van der Waals surface area (Å²) in [6.45, 7) is 11.1. The minimum absolute atomic E-state index is 0.0420. The van der Waals surface area contributed by atoms with Crippen molar-refractivity contribution in [1.29, 1.82) is 0 Å². The molecule has 0 spiro atoms. The molecule has 7 nitrogen and oxygen atoms in total. The molecule has 4 aliphatic heterocycles. The van der Waals surface area contributed by atoms with Crippen LogP contribution in [0.15, 0.2) is 53.1 Å². The molecule has 0 aromatic carbocycles. The van der Waals surface area contributed by atoms with Crippen LogP contribution in [0.3, 0.4) is 0 Å². The van der Waals surface area contributed by atoms with E-state index in [9.17, 15) is 9.90 Å². The molecule has 1 saturated heterocycles. The lowest BCUT2D eigenvalue weighted by Gasteiger charge is -2.28. The highest BCUT2D eigenvalue weighted by molar-refractivity contribution is 5.82. The molecule has 0 unspecified atom stereocenters. The van der Waals surface area contributed by atoms with Gasteiger partial charge in [-0.3, -0.25) is 4.99 Å². The predicted octanol–water partition coefficient (Wildman–Crippen LogP) is 5.00. The van der Waals surface area contributed by atoms with Gasteiger partial charge in [-0.25, -0.2) is 4.79 Å². The number of cyclic esters (lactones) is 1. The number of nitrogens with zero attached hydrogens (tertiary/aromatic N) is 1. The second kappa shape index (κ2) is 12.7. The Labute approximate surface area is 221 Å². The van der Waals surface area contributed by atoms with Crippen molar-refractivity contribution in [3.63, 3.8) is 0 Å². The molecule has 4 aliphatic rings. The Bertz CT molecular complexity index is 938. The molecule has 0 aromatic heterocycles. The van der Waals surface area contributed by atoms with E-state index in [1.807, 2.05) is 13.0 Å². The normalized spacial score (nSPS) is 40.8. The average Bonchev–Trinajstić information content (AvgIpc) is 3.56. The zero-order valence-electron chi connectivity index (χ0n) is 22.5. The van der Waals surface area contributed by atoms with Gasteiger partial charge in [0.05, 0.1) is 31.0 Å². The third kappa shape index (κ3) is 7.96. The van der Waals surface area contributed by atoms with Crippen LogP contribution in [0.4, 0.5) is 0 Å². The van der Waals surface area contributed by atoms with E-state index in [-0.39, 0.29) is 24.3 Å². The zero-order valence-corrected chi connectivity index (χ0v) is 22.5. The minimum Gasteiger partial charge on any atom is -0.459 e. The van der Waals surface area contributed by atoms with Crippen LogP contribution in [-0.4, -0.2) is 66.2 Å². The molecule has 8 atom stereocenters. The molecule has 4 heterocycles. The molecule has 0 aromatic rings. The van der Waals surface area contributed by atoms with Gasteiger partial charge in [-0.15, -0.1) is 0 Å². The SMILES string of the molecule is C=C1C[C@H](C)C[C@@H]2CC=C[C@@H](C/C=C\C(=O)O[C@H](CC)C[C@]3(/N=C\[C@@H]4CC(C)=CCO4)O[C@H]3[C@@H](O)C1)O2. The Kier molecular flexibility index (Phi) is 9.57. The van der Waals surface area contributed by atoms with Crippen LogP contribution >= 0.6 is 0 Å². The van der Waals surface area contributed by atoms with Crippen molar-refractivity contribution >= 4 is 12.2 Å². The zero-order chi connectivity index (χ0) is 26.4. The highest BCUT2D eigenvalue weighted by Crippen LogP contribution is 2.46. The summed E-state index contributed by atoms with van der Waals surface area (Å²) in [7, 11) is 0. The summed E-state index contributed by atoms with van der Waals surface area (Å²) in [5.74, 6) is -0.00655. The summed E-state index contributed by atoms with van der Waals surface area (Å²) < 4.78 is 23.9. The summed E-state index contributed by atoms with van der Waals surface area (Å²) in [6.07, 6.45) is 15.2. The number of esters is 1. The number of aliphatic hydroxyl groups excluding tert-OH is 1. The monoisotopic (exact) mass is 513 g/mol. The molecule has 0 saturated carbocycles. The molecule has 0 aliphatic carbocycles. The number of aliphatic hydroxyl groups is 1. The number of rotatable bonds is 3. The minimum atomic E-state index is -0.935. The Balaban J connectivity index is 1.51. The third-order valence-electron chi connectivity index (χ3n) is 7.59. The molecule has 4 rings (SSSR count). The highest BCUT2D eigenvalue weighted by Gasteiger charge is 2.61. The maximum Gasteiger partial charge on any atom is 0.330 e. The first kappa shape index (κ1) is 28.0. The van der Waals surface area contributed by atoms with Gasteiger partial charge in [0.2, 0.25) is 0 Å². The summed E-state index contributed by atoms with van der Waals surface area (Å²) in [5.41, 5.74) is 1.33. The van der Waals surface area contributed by atoms with Crippen molar-refractivity contribution in [3.8, 4) is 0 Å². The number of hydrogen-bond acceptors (Lipinski definition) is 7. The molecule has 1 fully saturated rings. The number of fused-ring (bicyclic) bond motifs is 3. The number of aliphatic imine (C=N–C) groups is 1. The van der Waals surface area contributed by atoms with Gasteiger partial charge in [-0.05, 0) is 57.8 Å². The summed E-state index contributed by atoms with van der Waals surface area (Å²) in [6, 6.07) is 0. The van der Waals surface area contributed by atoms with Crippen molar-refractivity contribution in [3.05, 3.63) is 48.1 Å². The van der Waals surface area contributed by atoms with Crippen LogP contribution in [0.25, 0.3) is 0 Å². The summed E-state index contributed by atoms with van der Waals surface area (Å²) in [4.78, 5) is 17.4. The molecule has 1 N–H and O–H groups in total. The maximum absolute atomic E-state index is 12.6. The van der Waals surface area contributed by atoms with E-state index in [1.165, 1.54) is 11.6 Å². The average molecular weight is 514 g/mol. The topological polar surface area (TPSA) is 89.9 Å². The molecule has 7 heteroatoms. The van der Waals surface area contributed by atoms with Gasteiger partial charge in [0.1, 0.15) is 12.2 Å². The van der Waals surface area contributed by atoms with Crippen LogP contribution in [0.1, 0.15) is 72.1 Å². The third-order valence-corrected chi connectivity index (χ3v) is 7.59. The van der Waals surface area contributed by atoms with Crippen molar-refractivity contribution < 1.29 is 28.8 Å². The maximum atomic E-state index is 12.6. The fourth-order valence-corrected chi connectivity index (χ4v) is 5.59. The first-order chi connectivity index (χ1) is 17.8. The molecular formula is C30H43NO6. The molecule has 2 bridgehead atoms. The summed E-state index contributed by atoms with van der Waals surface area (Å²) in [5, 5.41) is 11.1. The smallest absolute Gasteiger partial charge is 0.330 e. The Hall–Kier alpha value is -2.06. The van der Waals surface area contributed by atoms with Gasteiger partial charge in [0.15, 0.2) is 5.72 Å². The number of ether oxygens (including phenoxy) is 4. The fraction of sp³-hybridized carbons (Fsp3) is 0.667. The molecular weight excluding hydrogens is 470 g/mol. The highest BCUT2D eigenvalue weighted by atomic mass is 16.6. The number of hydrogen-bond donors (Lipinski definition) is 1. The van der Waals surface area contributed by atoms with Crippen molar-refractivity contribution in [2.75, 3.05) is 6.61 Å². The Morgan fingerprint density at radius 1 is 1.24 bits per heavy atom. The Morgan fingerprint density at radius 2 is 2.08 bits per heavy atom. The summed E-state index contributed by atoms with van der Waals surface area (Å²) >= 11 is 0. The van der Waals surface area contributed by atoms with Crippen molar-refractivity contribution in [2.45, 2.75) is 114 Å². The molecule has 37 heavy (non-hydrogen) atoms. The number of carbonyl (C=O) groups excluding carboxylic acids is 1. The second-order valence-electron chi connectivity index (χ2n) is 11.1. The predicted molar refractivity (Wildman–Crippen MR) is 143 cm³/mol. The van der Waals surface area contributed by atoms with Gasteiger partial charge < -0.3 is 24.1 Å². The first-order valence-electron chi connectivity index (χ1n) is 13.8. The number of carbonyl (C=O) groups is 1. The lowest BCUT2D eigenvalue weighted by atomic mass is 9.90.